The summed E-state index contributed by atoms with van der Waals surface area (Å²) in [5.74, 6) is 1.98. The number of hydrogen-bond donors (Lipinski definition) is 1. The lowest BCUT2D eigenvalue weighted by Crippen LogP contribution is -2.06. The molecule has 0 aliphatic rings. The van der Waals surface area contributed by atoms with Crippen LogP contribution in [-0.4, -0.2) is 19.7 Å². The van der Waals surface area contributed by atoms with Crippen LogP contribution < -0.4 is 5.73 Å². The van der Waals surface area contributed by atoms with Crippen molar-refractivity contribution in [3.05, 3.63) is 29.8 Å². The summed E-state index contributed by atoms with van der Waals surface area (Å²) in [6.07, 6.45) is 3.70. The van der Waals surface area contributed by atoms with Crippen LogP contribution >= 0.6 is 0 Å². The van der Waals surface area contributed by atoms with Gasteiger partial charge in [-0.25, -0.2) is 14.6 Å². The summed E-state index contributed by atoms with van der Waals surface area (Å²) < 4.78 is 1.71. The van der Waals surface area contributed by atoms with Crippen LogP contribution in [0.25, 0.3) is 5.82 Å². The molecule has 0 saturated heterocycles. The summed E-state index contributed by atoms with van der Waals surface area (Å²) in [6.45, 7) is 4.03. The molecule has 16 heavy (non-hydrogen) atoms. The highest BCUT2D eigenvalue weighted by molar-refractivity contribution is 5.37. The van der Waals surface area contributed by atoms with E-state index in [-0.39, 0.29) is 0 Å². The highest BCUT2D eigenvalue weighted by Gasteiger charge is 2.04. The van der Waals surface area contributed by atoms with Gasteiger partial charge < -0.3 is 5.73 Å². The molecule has 0 atom stereocenters. The Kier molecular flexibility index (Phi) is 2.85. The van der Waals surface area contributed by atoms with Crippen molar-refractivity contribution < 1.29 is 0 Å². The van der Waals surface area contributed by atoms with Crippen LogP contribution in [0.4, 0.5) is 5.82 Å². The van der Waals surface area contributed by atoms with Gasteiger partial charge in [-0.3, -0.25) is 0 Å². The van der Waals surface area contributed by atoms with Crippen molar-refractivity contribution in [3.8, 4) is 5.82 Å². The van der Waals surface area contributed by atoms with Crippen molar-refractivity contribution in [2.24, 2.45) is 0 Å². The van der Waals surface area contributed by atoms with E-state index in [2.05, 4.69) is 22.0 Å². The van der Waals surface area contributed by atoms with Gasteiger partial charge in [0.2, 0.25) is 0 Å². The third-order valence-corrected chi connectivity index (χ3v) is 2.21. The van der Waals surface area contributed by atoms with Crippen molar-refractivity contribution in [3.63, 3.8) is 0 Å². The molecule has 0 aromatic carbocycles. The Bertz CT molecular complexity index is 489. The van der Waals surface area contributed by atoms with Crippen LogP contribution in [0.2, 0.25) is 0 Å². The van der Waals surface area contributed by atoms with Crippen molar-refractivity contribution >= 4 is 5.82 Å². The van der Waals surface area contributed by atoms with Gasteiger partial charge in [0, 0.05) is 18.7 Å². The maximum Gasteiger partial charge on any atom is 0.159 e. The monoisotopic (exact) mass is 217 g/mol. The molecule has 2 rings (SSSR count). The van der Waals surface area contributed by atoms with Gasteiger partial charge in [0.15, 0.2) is 5.82 Å². The normalized spacial score (nSPS) is 10.6. The zero-order valence-electron chi connectivity index (χ0n) is 9.51. The molecule has 0 aliphatic heterocycles. The number of rotatable bonds is 3. The van der Waals surface area contributed by atoms with E-state index in [1.165, 1.54) is 0 Å². The standard InChI is InChI=1S/C11H15N5/c1-3-4-10-13-9(12)7-11(14-10)16-6-5-8(2)15-16/h5-7H,3-4H2,1-2H3,(H2,12,13,14). The maximum atomic E-state index is 5.74. The molecular formula is C11H15N5. The van der Waals surface area contributed by atoms with E-state index in [9.17, 15) is 0 Å². The summed E-state index contributed by atoms with van der Waals surface area (Å²) in [5, 5.41) is 4.29. The minimum Gasteiger partial charge on any atom is -0.384 e. The average Bonchev–Trinajstić information content (AvgIpc) is 2.64. The van der Waals surface area contributed by atoms with E-state index >= 15 is 0 Å². The van der Waals surface area contributed by atoms with E-state index in [1.807, 2.05) is 19.2 Å². The summed E-state index contributed by atoms with van der Waals surface area (Å²) in [5.41, 5.74) is 6.69. The highest BCUT2D eigenvalue weighted by Crippen LogP contribution is 2.09. The first-order valence-electron chi connectivity index (χ1n) is 5.35. The lowest BCUT2D eigenvalue weighted by Gasteiger charge is -2.04. The topological polar surface area (TPSA) is 69.6 Å². The molecule has 0 spiro atoms. The summed E-state index contributed by atoms with van der Waals surface area (Å²) in [7, 11) is 0. The third kappa shape index (κ3) is 2.18. The molecule has 2 heterocycles. The SMILES string of the molecule is CCCc1nc(N)cc(-n2ccc(C)n2)n1. The number of aromatic nitrogens is 4. The van der Waals surface area contributed by atoms with Crippen LogP contribution in [0.5, 0.6) is 0 Å². The Balaban J connectivity index is 2.40. The Labute approximate surface area is 94.3 Å². The van der Waals surface area contributed by atoms with E-state index < -0.39 is 0 Å². The fraction of sp³-hybridized carbons (Fsp3) is 0.364. The number of anilines is 1. The van der Waals surface area contributed by atoms with E-state index in [0.29, 0.717) is 5.82 Å². The lowest BCUT2D eigenvalue weighted by molar-refractivity contribution is 0.782. The van der Waals surface area contributed by atoms with Crippen molar-refractivity contribution in [1.29, 1.82) is 0 Å². The van der Waals surface area contributed by atoms with Gasteiger partial charge in [0.05, 0.1) is 5.69 Å². The number of nitrogens with two attached hydrogens (primary N) is 1. The fourth-order valence-corrected chi connectivity index (χ4v) is 1.50. The molecule has 5 heteroatoms. The van der Waals surface area contributed by atoms with Crippen molar-refractivity contribution in [2.45, 2.75) is 26.7 Å². The molecule has 0 aliphatic carbocycles. The minimum absolute atomic E-state index is 0.488. The van der Waals surface area contributed by atoms with Gasteiger partial charge in [-0.1, -0.05) is 6.92 Å². The quantitative estimate of drug-likeness (QED) is 0.846. The molecule has 0 radical (unpaired) electrons. The average molecular weight is 217 g/mol. The number of aryl methyl sites for hydroxylation is 2. The molecule has 5 nitrogen and oxygen atoms in total. The maximum absolute atomic E-state index is 5.74. The largest absolute Gasteiger partial charge is 0.384 e. The van der Waals surface area contributed by atoms with Crippen LogP contribution in [0.1, 0.15) is 24.9 Å². The smallest absolute Gasteiger partial charge is 0.159 e. The zero-order chi connectivity index (χ0) is 11.5. The molecule has 0 fully saturated rings. The Morgan fingerprint density at radius 3 is 2.81 bits per heavy atom. The molecule has 0 bridgehead atoms. The molecule has 2 aromatic rings. The first-order valence-corrected chi connectivity index (χ1v) is 5.35. The summed E-state index contributed by atoms with van der Waals surface area (Å²) >= 11 is 0. The number of hydrogen-bond acceptors (Lipinski definition) is 4. The van der Waals surface area contributed by atoms with E-state index in [1.54, 1.807) is 10.7 Å². The molecular weight excluding hydrogens is 202 g/mol. The van der Waals surface area contributed by atoms with Crippen LogP contribution in [0.3, 0.4) is 0 Å². The van der Waals surface area contributed by atoms with Crippen LogP contribution in [0, 0.1) is 6.92 Å². The van der Waals surface area contributed by atoms with E-state index in [4.69, 9.17) is 5.73 Å². The van der Waals surface area contributed by atoms with Gasteiger partial charge in [0.25, 0.3) is 0 Å². The highest BCUT2D eigenvalue weighted by atomic mass is 15.3. The molecule has 0 unspecified atom stereocenters. The Morgan fingerprint density at radius 2 is 2.19 bits per heavy atom. The Morgan fingerprint density at radius 1 is 1.38 bits per heavy atom. The van der Waals surface area contributed by atoms with Crippen molar-refractivity contribution in [1.82, 2.24) is 19.7 Å². The number of nitrogen functional groups attached to an aromatic ring is 1. The Hall–Kier alpha value is -1.91. The lowest BCUT2D eigenvalue weighted by atomic mass is 10.3. The molecule has 0 amide bonds. The molecule has 84 valence electrons. The van der Waals surface area contributed by atoms with Crippen molar-refractivity contribution in [2.75, 3.05) is 5.73 Å². The first kappa shape index (κ1) is 10.6. The predicted octanol–water partition coefficient (Wildman–Crippen LogP) is 1.51. The van der Waals surface area contributed by atoms with E-state index in [0.717, 1.165) is 30.2 Å². The van der Waals surface area contributed by atoms with Crippen LogP contribution in [0.15, 0.2) is 18.3 Å². The van der Waals surface area contributed by atoms with Gasteiger partial charge in [-0.15, -0.1) is 0 Å². The molecule has 2 aromatic heterocycles. The summed E-state index contributed by atoms with van der Waals surface area (Å²) in [6, 6.07) is 3.66. The second-order valence-corrected chi connectivity index (χ2v) is 3.72. The minimum atomic E-state index is 0.488. The summed E-state index contributed by atoms with van der Waals surface area (Å²) in [4.78, 5) is 8.60. The fourth-order valence-electron chi connectivity index (χ4n) is 1.50. The molecule has 2 N–H and O–H groups in total. The zero-order valence-corrected chi connectivity index (χ0v) is 9.51. The van der Waals surface area contributed by atoms with Gasteiger partial charge in [-0.2, -0.15) is 5.10 Å². The first-order chi connectivity index (χ1) is 7.69. The third-order valence-electron chi connectivity index (χ3n) is 2.21. The van der Waals surface area contributed by atoms with Gasteiger partial charge in [-0.05, 0) is 19.4 Å². The second kappa shape index (κ2) is 4.30. The second-order valence-electron chi connectivity index (χ2n) is 3.72. The predicted molar refractivity (Wildman–Crippen MR) is 62.3 cm³/mol. The van der Waals surface area contributed by atoms with Gasteiger partial charge >= 0.3 is 0 Å². The number of nitrogens with zero attached hydrogens (tertiary/aromatic N) is 4. The molecule has 0 saturated carbocycles. The van der Waals surface area contributed by atoms with Gasteiger partial charge in [0.1, 0.15) is 11.6 Å². The van der Waals surface area contributed by atoms with Crippen LogP contribution in [-0.2, 0) is 6.42 Å².